The average Bonchev–Trinajstić information content (AvgIpc) is 2.71. The lowest BCUT2D eigenvalue weighted by Gasteiger charge is -2.13. The van der Waals surface area contributed by atoms with Crippen molar-refractivity contribution in [3.8, 4) is 11.6 Å². The van der Waals surface area contributed by atoms with E-state index in [1.54, 1.807) is 6.92 Å². The van der Waals surface area contributed by atoms with E-state index >= 15 is 0 Å². The summed E-state index contributed by atoms with van der Waals surface area (Å²) >= 11 is 12.5. The maximum atomic E-state index is 13.9. The van der Waals surface area contributed by atoms with Gasteiger partial charge >= 0.3 is 6.03 Å². The van der Waals surface area contributed by atoms with Gasteiger partial charge in [0.25, 0.3) is 11.6 Å². The van der Waals surface area contributed by atoms with Gasteiger partial charge in [-0.15, -0.1) is 0 Å². The van der Waals surface area contributed by atoms with E-state index in [1.165, 1.54) is 30.3 Å². The number of pyridine rings is 1. The fourth-order valence-corrected chi connectivity index (χ4v) is 4.22. The van der Waals surface area contributed by atoms with Crippen LogP contribution in [0.25, 0.3) is 0 Å². The highest BCUT2D eigenvalue weighted by molar-refractivity contribution is 9.11. The van der Waals surface area contributed by atoms with Crippen molar-refractivity contribution in [3.63, 3.8) is 0 Å². The number of imide groups is 1. The molecule has 0 radical (unpaired) electrons. The number of carbonyl (C=O) groups is 2. The molecule has 9 nitrogen and oxygen atoms in total. The van der Waals surface area contributed by atoms with Crippen LogP contribution in [0.15, 0.2) is 51.5 Å². The van der Waals surface area contributed by atoms with Crippen LogP contribution in [0.5, 0.6) is 11.6 Å². The Kier molecular flexibility index (Phi) is 7.61. The Morgan fingerprint density at radius 2 is 1.88 bits per heavy atom. The first-order chi connectivity index (χ1) is 15.6. The molecule has 0 bridgehead atoms. The van der Waals surface area contributed by atoms with E-state index in [0.29, 0.717) is 20.3 Å². The maximum Gasteiger partial charge on any atom is 0.326 e. The molecule has 0 saturated heterocycles. The first kappa shape index (κ1) is 24.6. The molecule has 3 amide bonds. The van der Waals surface area contributed by atoms with E-state index < -0.39 is 28.2 Å². The molecule has 0 atom stereocenters. The normalized spacial score (nSPS) is 10.5. The van der Waals surface area contributed by atoms with Gasteiger partial charge < -0.3 is 10.1 Å². The van der Waals surface area contributed by atoms with Crippen molar-refractivity contribution in [1.82, 2.24) is 10.3 Å². The summed E-state index contributed by atoms with van der Waals surface area (Å²) in [6.07, 6.45) is 1.07. The average molecular weight is 603 g/mol. The van der Waals surface area contributed by atoms with Crippen LogP contribution in [-0.2, 0) is 0 Å². The molecule has 1 heterocycles. The first-order valence-corrected chi connectivity index (χ1v) is 10.9. The molecule has 0 unspecified atom stereocenters. The molecule has 13 heteroatoms. The molecule has 0 fully saturated rings. The van der Waals surface area contributed by atoms with E-state index in [9.17, 15) is 24.1 Å². The summed E-state index contributed by atoms with van der Waals surface area (Å²) in [5, 5.41) is 15.2. The number of nitrogens with zero attached hydrogens (tertiary/aromatic N) is 2. The fraction of sp³-hybridized carbons (Fsp3) is 0.0500. The molecule has 2 N–H and O–H groups in total. The van der Waals surface area contributed by atoms with Crippen molar-refractivity contribution in [2.24, 2.45) is 0 Å². The molecule has 3 aromatic rings. The molecule has 0 saturated carbocycles. The van der Waals surface area contributed by atoms with Gasteiger partial charge in [0, 0.05) is 17.3 Å². The summed E-state index contributed by atoms with van der Waals surface area (Å²) in [7, 11) is 0. The van der Waals surface area contributed by atoms with Gasteiger partial charge in [-0.2, -0.15) is 0 Å². The molecule has 33 heavy (non-hydrogen) atoms. The van der Waals surface area contributed by atoms with Gasteiger partial charge in [-0.3, -0.25) is 20.2 Å². The number of halogens is 4. The summed E-state index contributed by atoms with van der Waals surface area (Å²) < 4.78 is 20.4. The quantitative estimate of drug-likeness (QED) is 0.258. The first-order valence-electron chi connectivity index (χ1n) is 8.91. The molecule has 2 aromatic carbocycles. The molecular weight excluding hydrogens is 591 g/mol. The van der Waals surface area contributed by atoms with Crippen molar-refractivity contribution >= 4 is 66.8 Å². The minimum atomic E-state index is -1.01. The summed E-state index contributed by atoms with van der Waals surface area (Å²) in [6.45, 7) is 1.61. The molecule has 0 aliphatic rings. The zero-order valence-electron chi connectivity index (χ0n) is 16.5. The molecule has 0 aliphatic carbocycles. The van der Waals surface area contributed by atoms with Crippen LogP contribution in [-0.4, -0.2) is 21.8 Å². The Balaban J connectivity index is 1.74. The number of aromatic nitrogens is 1. The number of benzene rings is 2. The number of hydrogen-bond donors (Lipinski definition) is 2. The van der Waals surface area contributed by atoms with Gasteiger partial charge in [0.1, 0.15) is 12.0 Å². The highest BCUT2D eigenvalue weighted by atomic mass is 79.9. The predicted octanol–water partition coefficient (Wildman–Crippen LogP) is 6.37. The van der Waals surface area contributed by atoms with Crippen molar-refractivity contribution in [1.29, 1.82) is 0 Å². The standard InChI is InChI=1S/C20H12Br2ClFN4O5/c1-9-5-11(28(31)32)8-25-19(9)33-17-12(21)6-10(7-13(17)22)26-20(30)27-18(29)16-14(23)3-2-4-15(16)24/h2-8H,1H3,(H2,26,27,29,30). The molecule has 3 rings (SSSR count). The zero-order chi connectivity index (χ0) is 24.3. The van der Waals surface area contributed by atoms with Crippen LogP contribution in [0, 0.1) is 22.9 Å². The highest BCUT2D eigenvalue weighted by Crippen LogP contribution is 2.39. The van der Waals surface area contributed by atoms with Gasteiger partial charge in [0.05, 0.1) is 24.5 Å². The lowest BCUT2D eigenvalue weighted by molar-refractivity contribution is -0.385. The second-order valence-corrected chi connectivity index (χ2v) is 8.56. The number of rotatable bonds is 5. The largest absolute Gasteiger partial charge is 0.436 e. The van der Waals surface area contributed by atoms with E-state index in [0.717, 1.165) is 12.3 Å². The predicted molar refractivity (Wildman–Crippen MR) is 125 cm³/mol. The monoisotopic (exact) mass is 600 g/mol. The van der Waals surface area contributed by atoms with E-state index in [-0.39, 0.29) is 22.3 Å². The Morgan fingerprint density at radius 3 is 2.45 bits per heavy atom. The minimum Gasteiger partial charge on any atom is -0.436 e. The number of ether oxygens (including phenoxy) is 1. The summed E-state index contributed by atoms with van der Waals surface area (Å²) in [6, 6.07) is 7.09. The summed E-state index contributed by atoms with van der Waals surface area (Å²) in [5.41, 5.74) is 0.0791. The number of nitrogens with one attached hydrogen (secondary N) is 2. The van der Waals surface area contributed by atoms with Crippen LogP contribution in [0.3, 0.4) is 0 Å². The summed E-state index contributed by atoms with van der Waals surface area (Å²) in [5.74, 6) is -1.43. The van der Waals surface area contributed by atoms with Crippen molar-refractivity contribution < 1.29 is 23.6 Å². The molecule has 1 aromatic heterocycles. The van der Waals surface area contributed by atoms with Gasteiger partial charge in [-0.25, -0.2) is 14.2 Å². The molecule has 0 aliphatic heterocycles. The number of urea groups is 1. The van der Waals surface area contributed by atoms with Gasteiger partial charge in [-0.1, -0.05) is 17.7 Å². The van der Waals surface area contributed by atoms with Crippen molar-refractivity contribution in [3.05, 3.63) is 83.6 Å². The van der Waals surface area contributed by atoms with Gasteiger partial charge in [-0.05, 0) is 63.0 Å². The minimum absolute atomic E-state index is 0.137. The second-order valence-electron chi connectivity index (χ2n) is 6.45. The smallest absolute Gasteiger partial charge is 0.326 e. The lowest BCUT2D eigenvalue weighted by Crippen LogP contribution is -2.35. The number of carbonyl (C=O) groups excluding carboxylic acids is 2. The Hall–Kier alpha value is -3.09. The van der Waals surface area contributed by atoms with E-state index in [2.05, 4.69) is 42.2 Å². The number of hydrogen-bond acceptors (Lipinski definition) is 6. The Morgan fingerprint density at radius 1 is 1.21 bits per heavy atom. The van der Waals surface area contributed by atoms with Crippen LogP contribution in [0.4, 0.5) is 20.6 Å². The van der Waals surface area contributed by atoms with Crippen LogP contribution < -0.4 is 15.4 Å². The fourth-order valence-electron chi connectivity index (χ4n) is 2.62. The van der Waals surface area contributed by atoms with Crippen molar-refractivity contribution in [2.45, 2.75) is 6.92 Å². The molecular formula is C20H12Br2ClFN4O5. The highest BCUT2D eigenvalue weighted by Gasteiger charge is 2.19. The van der Waals surface area contributed by atoms with Gasteiger partial charge in [0.15, 0.2) is 5.75 Å². The topological polar surface area (TPSA) is 123 Å². The van der Waals surface area contributed by atoms with E-state index in [4.69, 9.17) is 16.3 Å². The van der Waals surface area contributed by atoms with Crippen molar-refractivity contribution in [2.75, 3.05) is 5.32 Å². The number of aryl methyl sites for hydroxylation is 1. The number of amides is 3. The van der Waals surface area contributed by atoms with Crippen LogP contribution in [0.2, 0.25) is 5.02 Å². The maximum absolute atomic E-state index is 13.9. The Labute approximate surface area is 207 Å². The molecule has 170 valence electrons. The van der Waals surface area contributed by atoms with E-state index in [1.807, 2.05) is 5.32 Å². The molecule has 0 spiro atoms. The van der Waals surface area contributed by atoms with Crippen LogP contribution >= 0.6 is 43.5 Å². The second kappa shape index (κ2) is 10.2. The zero-order valence-corrected chi connectivity index (χ0v) is 20.4. The lowest BCUT2D eigenvalue weighted by atomic mass is 10.2. The third kappa shape index (κ3) is 5.83. The Bertz CT molecular complexity index is 1250. The van der Waals surface area contributed by atoms with Crippen LogP contribution in [0.1, 0.15) is 15.9 Å². The SMILES string of the molecule is Cc1cc([N+](=O)[O-])cnc1Oc1c(Br)cc(NC(=O)NC(=O)c2c(F)cccc2Cl)cc1Br. The third-order valence-electron chi connectivity index (χ3n) is 4.10. The number of anilines is 1. The third-order valence-corrected chi connectivity index (χ3v) is 5.59. The number of nitro groups is 1. The summed E-state index contributed by atoms with van der Waals surface area (Å²) in [4.78, 5) is 38.7. The van der Waals surface area contributed by atoms with Gasteiger partial charge in [0.2, 0.25) is 5.88 Å².